The van der Waals surface area contributed by atoms with E-state index in [1.165, 1.54) is 54.6 Å². The Hall–Kier alpha value is -1.93. The number of hydrogen-bond donors (Lipinski definition) is 1. The van der Waals surface area contributed by atoms with Crippen molar-refractivity contribution in [1.82, 2.24) is 0 Å². The van der Waals surface area contributed by atoms with Crippen molar-refractivity contribution < 1.29 is 9.69 Å². The van der Waals surface area contributed by atoms with E-state index in [-0.39, 0.29) is 0 Å². The largest absolute Gasteiger partial charge is 0.335 e. The van der Waals surface area contributed by atoms with Gasteiger partial charge in [0.1, 0.15) is 0 Å². The summed E-state index contributed by atoms with van der Waals surface area (Å²) in [5.41, 5.74) is 6.23. The zero-order chi connectivity index (χ0) is 16.4. The van der Waals surface area contributed by atoms with Gasteiger partial charge < -0.3 is 4.90 Å². The second-order valence-corrected chi connectivity index (χ2v) is 7.29. The summed E-state index contributed by atoms with van der Waals surface area (Å²) in [6, 6.07) is 14.9. The number of carbonyl (C=O) groups excluding carboxylic acids is 1. The van der Waals surface area contributed by atoms with Crippen LogP contribution in [-0.4, -0.2) is 25.4 Å². The third kappa shape index (κ3) is 3.16. The highest BCUT2D eigenvalue weighted by Crippen LogP contribution is 2.36. The van der Waals surface area contributed by atoms with Gasteiger partial charge in [-0.3, -0.25) is 4.79 Å². The number of fused-ring (bicyclic) bond motifs is 3. The molecule has 1 aliphatic heterocycles. The topological polar surface area (TPSA) is 21.5 Å². The first-order valence-electron chi connectivity index (χ1n) is 9.39. The van der Waals surface area contributed by atoms with E-state index >= 15 is 0 Å². The lowest BCUT2D eigenvalue weighted by molar-refractivity contribution is -0.905. The average molecular weight is 320 g/mol. The van der Waals surface area contributed by atoms with Crippen molar-refractivity contribution in [3.05, 3.63) is 59.2 Å². The minimum atomic E-state index is 0.310. The molecule has 4 rings (SSSR count). The van der Waals surface area contributed by atoms with Gasteiger partial charge >= 0.3 is 0 Å². The summed E-state index contributed by atoms with van der Waals surface area (Å²) in [7, 11) is 0. The van der Waals surface area contributed by atoms with Crippen LogP contribution in [0.15, 0.2) is 42.5 Å². The van der Waals surface area contributed by atoms with Crippen molar-refractivity contribution in [2.45, 2.75) is 38.5 Å². The van der Waals surface area contributed by atoms with E-state index in [1.807, 2.05) is 6.07 Å². The summed E-state index contributed by atoms with van der Waals surface area (Å²) in [5, 5.41) is 0. The molecule has 0 unspecified atom stereocenters. The maximum Gasteiger partial charge on any atom is 0.163 e. The molecule has 0 radical (unpaired) electrons. The normalized spacial score (nSPS) is 16.7. The molecule has 0 saturated carbocycles. The molecule has 2 aromatic carbocycles. The van der Waals surface area contributed by atoms with Gasteiger partial charge in [-0.25, -0.2) is 0 Å². The second kappa shape index (κ2) is 6.90. The van der Waals surface area contributed by atoms with Crippen molar-refractivity contribution in [1.29, 1.82) is 0 Å². The molecule has 1 aliphatic carbocycles. The third-order valence-electron chi connectivity index (χ3n) is 5.61. The second-order valence-electron chi connectivity index (χ2n) is 7.29. The predicted molar refractivity (Wildman–Crippen MR) is 97.7 cm³/mol. The molecule has 0 spiro atoms. The van der Waals surface area contributed by atoms with E-state index in [0.29, 0.717) is 12.2 Å². The molecule has 1 heterocycles. The lowest BCUT2D eigenvalue weighted by atomic mass is 9.99. The van der Waals surface area contributed by atoms with Crippen molar-refractivity contribution in [2.75, 3.05) is 19.6 Å². The molecule has 2 heteroatoms. The number of ketones is 1. The first-order valence-corrected chi connectivity index (χ1v) is 9.39. The highest BCUT2D eigenvalue weighted by molar-refractivity contribution is 5.97. The van der Waals surface area contributed by atoms with Crippen LogP contribution in [0.3, 0.4) is 0 Å². The number of benzene rings is 2. The summed E-state index contributed by atoms with van der Waals surface area (Å²) >= 11 is 0. The van der Waals surface area contributed by atoms with Crippen LogP contribution >= 0.6 is 0 Å². The number of hydrogen-bond acceptors (Lipinski definition) is 1. The first kappa shape index (κ1) is 15.6. The fourth-order valence-electron chi connectivity index (χ4n) is 4.26. The van der Waals surface area contributed by atoms with Crippen LogP contribution in [0, 0.1) is 0 Å². The van der Waals surface area contributed by atoms with Crippen LogP contribution in [0.25, 0.3) is 11.1 Å². The number of quaternary nitrogens is 1. The van der Waals surface area contributed by atoms with Crippen LogP contribution in [0.2, 0.25) is 0 Å². The third-order valence-corrected chi connectivity index (χ3v) is 5.61. The van der Waals surface area contributed by atoms with Gasteiger partial charge in [-0.05, 0) is 54.0 Å². The molecular formula is C22H26NO+. The number of rotatable bonds is 5. The highest BCUT2D eigenvalue weighted by atomic mass is 16.1. The van der Waals surface area contributed by atoms with E-state index in [0.717, 1.165) is 24.9 Å². The summed E-state index contributed by atoms with van der Waals surface area (Å²) < 4.78 is 0. The monoisotopic (exact) mass is 320 g/mol. The number of carbonyl (C=O) groups is 1. The number of likely N-dealkylation sites (tertiary alicyclic amines) is 1. The van der Waals surface area contributed by atoms with Gasteiger partial charge in [0.05, 0.1) is 19.6 Å². The molecule has 0 bridgehead atoms. The SMILES string of the molecule is O=C(CCC[NH+]1CCCCC1)c1ccc2c(c1)Cc1ccccc1-2. The van der Waals surface area contributed by atoms with E-state index in [2.05, 4.69) is 36.4 Å². The van der Waals surface area contributed by atoms with Crippen LogP contribution in [-0.2, 0) is 6.42 Å². The van der Waals surface area contributed by atoms with Gasteiger partial charge in [0, 0.05) is 18.4 Å². The van der Waals surface area contributed by atoms with Crippen molar-refractivity contribution in [3.8, 4) is 11.1 Å². The Balaban J connectivity index is 1.38. The molecule has 2 nitrogen and oxygen atoms in total. The maximum atomic E-state index is 12.5. The van der Waals surface area contributed by atoms with Crippen LogP contribution in [0.4, 0.5) is 0 Å². The first-order chi connectivity index (χ1) is 11.8. The Kier molecular flexibility index (Phi) is 4.48. The van der Waals surface area contributed by atoms with Crippen molar-refractivity contribution in [2.24, 2.45) is 0 Å². The maximum absolute atomic E-state index is 12.5. The van der Waals surface area contributed by atoms with E-state index in [1.54, 1.807) is 4.90 Å². The summed E-state index contributed by atoms with van der Waals surface area (Å²) in [6.07, 6.45) is 6.77. The van der Waals surface area contributed by atoms with E-state index in [4.69, 9.17) is 0 Å². The number of piperidine rings is 1. The molecule has 1 saturated heterocycles. The Bertz CT molecular complexity index is 743. The molecule has 1 N–H and O–H groups in total. The van der Waals surface area contributed by atoms with E-state index in [9.17, 15) is 4.79 Å². The summed E-state index contributed by atoms with van der Waals surface area (Å²) in [5.74, 6) is 0.310. The molecule has 0 aromatic heterocycles. The van der Waals surface area contributed by atoms with Crippen LogP contribution < -0.4 is 4.90 Å². The summed E-state index contributed by atoms with van der Waals surface area (Å²) in [4.78, 5) is 14.2. The van der Waals surface area contributed by atoms with Crippen LogP contribution in [0.5, 0.6) is 0 Å². The fourth-order valence-corrected chi connectivity index (χ4v) is 4.26. The number of nitrogens with one attached hydrogen (secondary N) is 1. The van der Waals surface area contributed by atoms with Gasteiger partial charge in [-0.2, -0.15) is 0 Å². The van der Waals surface area contributed by atoms with Gasteiger partial charge in [0.15, 0.2) is 5.78 Å². The minimum Gasteiger partial charge on any atom is -0.335 e. The van der Waals surface area contributed by atoms with E-state index < -0.39 is 0 Å². The average Bonchev–Trinajstić information content (AvgIpc) is 3.00. The molecular weight excluding hydrogens is 294 g/mol. The Morgan fingerprint density at radius 1 is 0.917 bits per heavy atom. The van der Waals surface area contributed by atoms with Crippen molar-refractivity contribution in [3.63, 3.8) is 0 Å². The molecule has 124 valence electrons. The molecule has 2 aromatic rings. The van der Waals surface area contributed by atoms with Crippen LogP contribution in [0.1, 0.15) is 53.6 Å². The zero-order valence-corrected chi connectivity index (χ0v) is 14.3. The van der Waals surface area contributed by atoms with Crippen molar-refractivity contribution >= 4 is 5.78 Å². The molecule has 24 heavy (non-hydrogen) atoms. The Morgan fingerprint density at radius 3 is 2.58 bits per heavy atom. The molecule has 0 atom stereocenters. The summed E-state index contributed by atoms with van der Waals surface area (Å²) in [6.45, 7) is 3.75. The van der Waals surface area contributed by atoms with Gasteiger partial charge in [-0.15, -0.1) is 0 Å². The Labute approximate surface area is 144 Å². The highest BCUT2D eigenvalue weighted by Gasteiger charge is 2.19. The predicted octanol–water partition coefficient (Wildman–Crippen LogP) is 3.29. The lowest BCUT2D eigenvalue weighted by Gasteiger charge is -2.23. The molecule has 0 amide bonds. The lowest BCUT2D eigenvalue weighted by Crippen LogP contribution is -3.12. The fraction of sp³-hybridized carbons (Fsp3) is 0.409. The van der Waals surface area contributed by atoms with Gasteiger partial charge in [0.2, 0.25) is 0 Å². The zero-order valence-electron chi connectivity index (χ0n) is 14.3. The van der Waals surface area contributed by atoms with Gasteiger partial charge in [0.25, 0.3) is 0 Å². The van der Waals surface area contributed by atoms with Gasteiger partial charge in [-0.1, -0.05) is 36.4 Å². The molecule has 1 fully saturated rings. The smallest absolute Gasteiger partial charge is 0.163 e. The standard InChI is InChI=1S/C22H25NO/c24-22(9-6-14-23-12-4-1-5-13-23)18-10-11-21-19(16-18)15-17-7-2-3-8-20(17)21/h2-3,7-8,10-11,16H,1,4-6,9,12-15H2/p+1. The quantitative estimate of drug-likeness (QED) is 0.716. The molecule has 2 aliphatic rings. The Morgan fingerprint density at radius 2 is 1.71 bits per heavy atom. The number of Topliss-reactive ketones (excluding diaryl/α,β-unsaturated/α-hetero) is 1. The minimum absolute atomic E-state index is 0.310.